The van der Waals surface area contributed by atoms with E-state index in [-0.39, 0.29) is 39.9 Å². The van der Waals surface area contributed by atoms with Crippen LogP contribution in [0, 0.1) is 0 Å². The SMILES string of the molecule is Nc1nc(C(=NOC(c2ccccc2)(c2ccccc2)c2ccccc2)C(=O)N[C@@H]2C(=O)N3C(C(=O)O)=C(C=C4CCCN(C5CC5)C4=O)CS[C@H]23)cs1. The largest absolute Gasteiger partial charge is 0.477 e. The van der Waals surface area contributed by atoms with Crippen molar-refractivity contribution in [3.05, 3.63) is 142 Å². The number of carbonyl (C=O) groups is 4. The Balaban J connectivity index is 1.11. The molecule has 1 saturated carbocycles. The number of nitrogens with zero attached hydrogens (tertiary/aromatic N) is 4. The summed E-state index contributed by atoms with van der Waals surface area (Å²) in [6.07, 6.45) is 4.97. The molecule has 4 aliphatic rings. The average molecular weight is 761 g/mol. The highest BCUT2D eigenvalue weighted by atomic mass is 32.2. The zero-order chi connectivity index (χ0) is 37.4. The number of benzene rings is 3. The number of amides is 3. The number of hydrogen-bond acceptors (Lipinski definition) is 10. The number of fused-ring (bicyclic) bond motifs is 1. The number of nitrogen functional groups attached to an aromatic ring is 1. The number of hydrogen-bond donors (Lipinski definition) is 3. The Bertz CT molecular complexity index is 2110. The van der Waals surface area contributed by atoms with Gasteiger partial charge in [-0.25, -0.2) is 9.78 Å². The number of piperidine rings is 1. The Kier molecular flexibility index (Phi) is 9.54. The number of thioether (sulfide) groups is 1. The third kappa shape index (κ3) is 6.45. The van der Waals surface area contributed by atoms with E-state index in [0.29, 0.717) is 24.1 Å². The Hall–Kier alpha value is -5.73. The third-order valence-corrected chi connectivity index (χ3v) is 12.0. The van der Waals surface area contributed by atoms with Crippen LogP contribution in [0.25, 0.3) is 0 Å². The van der Waals surface area contributed by atoms with E-state index in [4.69, 9.17) is 10.6 Å². The molecule has 0 radical (unpaired) electrons. The van der Waals surface area contributed by atoms with Gasteiger partial charge in [0.05, 0.1) is 0 Å². The van der Waals surface area contributed by atoms with Gasteiger partial charge in [-0.05, 0) is 37.3 Å². The number of carboxylic acids is 1. The van der Waals surface area contributed by atoms with Crippen LogP contribution in [0.4, 0.5) is 5.13 Å². The molecule has 274 valence electrons. The molecule has 4 N–H and O–H groups in total. The molecule has 1 aliphatic carbocycles. The van der Waals surface area contributed by atoms with Crippen LogP contribution in [0.3, 0.4) is 0 Å². The molecule has 0 bridgehead atoms. The number of aliphatic carboxylic acids is 1. The van der Waals surface area contributed by atoms with E-state index in [9.17, 15) is 24.3 Å². The summed E-state index contributed by atoms with van der Waals surface area (Å²) in [4.78, 5) is 67.8. The molecule has 2 atom stereocenters. The van der Waals surface area contributed by atoms with Crippen molar-refractivity contribution in [2.24, 2.45) is 5.16 Å². The van der Waals surface area contributed by atoms with E-state index < -0.39 is 34.8 Å². The molecular formula is C40H36N6O6S2. The minimum absolute atomic E-state index is 0.0688. The van der Waals surface area contributed by atoms with Crippen molar-refractivity contribution in [3.8, 4) is 0 Å². The molecule has 3 aromatic carbocycles. The van der Waals surface area contributed by atoms with Crippen LogP contribution in [0.1, 0.15) is 48.1 Å². The lowest BCUT2D eigenvalue weighted by atomic mass is 9.80. The maximum Gasteiger partial charge on any atom is 0.352 e. The normalized spacial score (nSPS) is 21.1. The highest BCUT2D eigenvalue weighted by Crippen LogP contribution is 2.43. The quantitative estimate of drug-likeness (QED) is 0.0635. The van der Waals surface area contributed by atoms with Gasteiger partial charge < -0.3 is 25.9 Å². The van der Waals surface area contributed by atoms with E-state index in [1.165, 1.54) is 16.7 Å². The second kappa shape index (κ2) is 14.6. The van der Waals surface area contributed by atoms with Crippen molar-refractivity contribution >= 4 is 57.6 Å². The number of carboxylic acid groups (broad SMARTS) is 1. The smallest absolute Gasteiger partial charge is 0.352 e. The first-order chi connectivity index (χ1) is 26.3. The fourth-order valence-corrected chi connectivity index (χ4v) is 9.12. The fraction of sp³-hybridized carbons (Fsp3) is 0.250. The van der Waals surface area contributed by atoms with Gasteiger partial charge in [-0.1, -0.05) is 96.2 Å². The second-order valence-electron chi connectivity index (χ2n) is 13.4. The summed E-state index contributed by atoms with van der Waals surface area (Å²) in [6.45, 7) is 0.698. The van der Waals surface area contributed by atoms with Gasteiger partial charge in [0.15, 0.2) is 10.8 Å². The summed E-state index contributed by atoms with van der Waals surface area (Å²) in [5.74, 6) is -2.44. The lowest BCUT2D eigenvalue weighted by molar-refractivity contribution is -0.150. The van der Waals surface area contributed by atoms with Crippen molar-refractivity contribution in [1.29, 1.82) is 0 Å². The summed E-state index contributed by atoms with van der Waals surface area (Å²) in [5.41, 5.74) is 7.66. The van der Waals surface area contributed by atoms with Gasteiger partial charge in [-0.2, -0.15) is 0 Å². The second-order valence-corrected chi connectivity index (χ2v) is 15.4. The molecule has 8 rings (SSSR count). The predicted octanol–water partition coefficient (Wildman–Crippen LogP) is 4.89. The lowest BCUT2D eigenvalue weighted by Crippen LogP contribution is -2.71. The molecule has 0 spiro atoms. The summed E-state index contributed by atoms with van der Waals surface area (Å²) in [7, 11) is 0. The fourth-order valence-electron chi connectivity index (χ4n) is 7.27. The molecule has 2 saturated heterocycles. The van der Waals surface area contributed by atoms with Crippen LogP contribution in [0.2, 0.25) is 0 Å². The van der Waals surface area contributed by atoms with Gasteiger partial charge in [0.25, 0.3) is 11.8 Å². The standard InChI is InChI=1S/C40H36N6O6S2/c41-39-42-30(23-54-39)31(44-52-40(26-12-4-1-5-13-26,27-14-6-2-7-15-27)28-16-8-3-9-17-28)34(47)43-32-36(49)46-33(38(50)51)25(22-53-37(32)46)21-24-11-10-20-45(35(24)48)29-18-19-29/h1-9,12-17,21,23,29,32,37H,10-11,18-20,22H2,(H2,41,42)(H,43,47)(H,50,51)/t32-,37-/m1/s1. The zero-order valence-corrected chi connectivity index (χ0v) is 30.6. The Morgan fingerprint density at radius 2 is 1.57 bits per heavy atom. The summed E-state index contributed by atoms with van der Waals surface area (Å²) in [5, 5.41) is 18.7. The van der Waals surface area contributed by atoms with Crippen molar-refractivity contribution in [3.63, 3.8) is 0 Å². The van der Waals surface area contributed by atoms with E-state index in [2.05, 4.69) is 15.5 Å². The van der Waals surface area contributed by atoms with Gasteiger partial charge in [0.2, 0.25) is 11.5 Å². The number of aromatic nitrogens is 1. The number of carbonyl (C=O) groups excluding carboxylic acids is 3. The molecule has 4 aromatic rings. The molecule has 54 heavy (non-hydrogen) atoms. The van der Waals surface area contributed by atoms with Crippen molar-refractivity contribution < 1.29 is 29.1 Å². The maximum atomic E-state index is 14.2. The molecular weight excluding hydrogens is 725 g/mol. The van der Waals surface area contributed by atoms with Crippen molar-refractivity contribution in [2.75, 3.05) is 18.0 Å². The third-order valence-electron chi connectivity index (χ3n) is 10.00. The first kappa shape index (κ1) is 35.3. The Morgan fingerprint density at radius 1 is 0.963 bits per heavy atom. The number of nitrogens with one attached hydrogen (secondary N) is 1. The topological polar surface area (TPSA) is 168 Å². The molecule has 3 aliphatic heterocycles. The van der Waals surface area contributed by atoms with E-state index in [0.717, 1.165) is 47.3 Å². The highest BCUT2D eigenvalue weighted by molar-refractivity contribution is 8.00. The molecule has 3 fully saturated rings. The molecule has 1 aromatic heterocycles. The lowest BCUT2D eigenvalue weighted by Gasteiger charge is -2.49. The zero-order valence-electron chi connectivity index (χ0n) is 29.0. The number of β-lactam (4-membered cyclic amide) rings is 1. The number of anilines is 1. The Morgan fingerprint density at radius 3 is 2.11 bits per heavy atom. The average Bonchev–Trinajstić information content (AvgIpc) is 3.96. The van der Waals surface area contributed by atoms with Crippen LogP contribution in [0.5, 0.6) is 0 Å². The van der Waals surface area contributed by atoms with Crippen molar-refractivity contribution in [2.45, 2.75) is 48.7 Å². The number of allylic oxidation sites excluding steroid dienone is 1. The van der Waals surface area contributed by atoms with Gasteiger partial charge in [0.1, 0.15) is 22.8 Å². The first-order valence-corrected chi connectivity index (χ1v) is 19.6. The number of oxime groups is 1. The maximum absolute atomic E-state index is 14.2. The summed E-state index contributed by atoms with van der Waals surface area (Å²) in [6, 6.07) is 27.8. The number of rotatable bonds is 11. The van der Waals surface area contributed by atoms with E-state index in [1.807, 2.05) is 95.9 Å². The van der Waals surface area contributed by atoms with Crippen LogP contribution < -0.4 is 11.1 Å². The van der Waals surface area contributed by atoms with Crippen LogP contribution in [-0.4, -0.2) is 79.0 Å². The van der Waals surface area contributed by atoms with Crippen LogP contribution in [0.15, 0.2) is 124 Å². The predicted molar refractivity (Wildman–Crippen MR) is 205 cm³/mol. The number of likely N-dealkylation sites (tertiary alicyclic amines) is 1. The summed E-state index contributed by atoms with van der Waals surface area (Å²) >= 11 is 2.44. The minimum Gasteiger partial charge on any atom is -0.477 e. The Labute approximate surface area is 319 Å². The van der Waals surface area contributed by atoms with E-state index >= 15 is 0 Å². The molecule has 0 unspecified atom stereocenters. The molecule has 4 heterocycles. The minimum atomic E-state index is -1.30. The van der Waals surface area contributed by atoms with Crippen molar-refractivity contribution in [1.82, 2.24) is 20.1 Å². The first-order valence-electron chi connectivity index (χ1n) is 17.6. The molecule has 14 heteroatoms. The highest BCUT2D eigenvalue weighted by Gasteiger charge is 2.54. The van der Waals surface area contributed by atoms with Gasteiger partial charge in [-0.3, -0.25) is 19.3 Å². The van der Waals surface area contributed by atoms with Crippen LogP contribution >= 0.6 is 23.1 Å². The number of thiazole rings is 1. The van der Waals surface area contributed by atoms with E-state index in [1.54, 1.807) is 11.5 Å². The number of nitrogens with two attached hydrogens (primary N) is 1. The van der Waals surface area contributed by atoms with Crippen LogP contribution in [-0.2, 0) is 29.6 Å². The molecule has 3 amide bonds. The summed E-state index contributed by atoms with van der Waals surface area (Å²) < 4.78 is 0. The monoisotopic (exact) mass is 760 g/mol. The van der Waals surface area contributed by atoms with Gasteiger partial charge in [-0.15, -0.1) is 23.1 Å². The molecule has 12 nitrogen and oxygen atoms in total. The van der Waals surface area contributed by atoms with Gasteiger partial charge in [0, 0.05) is 46.0 Å². The van der Waals surface area contributed by atoms with Gasteiger partial charge >= 0.3 is 5.97 Å².